The van der Waals surface area contributed by atoms with Crippen molar-refractivity contribution < 1.29 is 9.53 Å². The number of nitrogens with one attached hydrogen (secondary N) is 1. The van der Waals surface area contributed by atoms with Crippen molar-refractivity contribution in [2.24, 2.45) is 0 Å². The Balaban J connectivity index is 2.60. The van der Waals surface area contributed by atoms with Crippen molar-refractivity contribution in [3.63, 3.8) is 0 Å². The van der Waals surface area contributed by atoms with E-state index < -0.39 is 0 Å². The molecule has 0 radical (unpaired) electrons. The Hall–Kier alpha value is -1.51. The molecule has 0 saturated carbocycles. The first-order valence-electron chi connectivity index (χ1n) is 6.88. The van der Waals surface area contributed by atoms with Crippen molar-refractivity contribution in [3.8, 4) is 5.75 Å². The van der Waals surface area contributed by atoms with E-state index >= 15 is 0 Å². The molecule has 0 bridgehead atoms. The maximum Gasteiger partial charge on any atom is 0.258 e. The lowest BCUT2D eigenvalue weighted by molar-refractivity contribution is -0.124. The standard InChI is InChI=1S/C16H25NO2/c1-6-16(4,5)17-15(18)11-19-14-10-8-7-9-13(14)12(2)3/h7-10,12H,6,11H2,1-5H3,(H,17,18). The van der Waals surface area contributed by atoms with E-state index in [4.69, 9.17) is 4.74 Å². The highest BCUT2D eigenvalue weighted by molar-refractivity contribution is 5.78. The second-order valence-electron chi connectivity index (χ2n) is 5.77. The number of hydrogen-bond acceptors (Lipinski definition) is 2. The van der Waals surface area contributed by atoms with Gasteiger partial charge in [0.1, 0.15) is 5.75 Å². The van der Waals surface area contributed by atoms with Gasteiger partial charge < -0.3 is 10.1 Å². The van der Waals surface area contributed by atoms with Gasteiger partial charge in [0.2, 0.25) is 0 Å². The minimum Gasteiger partial charge on any atom is -0.483 e. The maximum atomic E-state index is 11.8. The fourth-order valence-electron chi connectivity index (χ4n) is 1.73. The molecular weight excluding hydrogens is 238 g/mol. The smallest absolute Gasteiger partial charge is 0.258 e. The van der Waals surface area contributed by atoms with Crippen LogP contribution in [0.1, 0.15) is 52.5 Å². The summed E-state index contributed by atoms with van der Waals surface area (Å²) in [6, 6.07) is 7.86. The molecule has 0 heterocycles. The Kier molecular flexibility index (Phi) is 5.40. The highest BCUT2D eigenvalue weighted by Gasteiger charge is 2.18. The van der Waals surface area contributed by atoms with Gasteiger partial charge in [0.25, 0.3) is 5.91 Å². The van der Waals surface area contributed by atoms with Crippen LogP contribution in [-0.2, 0) is 4.79 Å². The molecule has 106 valence electrons. The van der Waals surface area contributed by atoms with E-state index in [9.17, 15) is 4.79 Å². The Morgan fingerprint density at radius 1 is 1.32 bits per heavy atom. The predicted molar refractivity (Wildman–Crippen MR) is 78.5 cm³/mol. The van der Waals surface area contributed by atoms with Crippen LogP contribution < -0.4 is 10.1 Å². The van der Waals surface area contributed by atoms with Crippen LogP contribution in [0.3, 0.4) is 0 Å². The highest BCUT2D eigenvalue weighted by atomic mass is 16.5. The lowest BCUT2D eigenvalue weighted by Crippen LogP contribution is -2.44. The number of para-hydroxylation sites is 1. The van der Waals surface area contributed by atoms with E-state index in [0.29, 0.717) is 5.92 Å². The third-order valence-electron chi connectivity index (χ3n) is 3.26. The van der Waals surface area contributed by atoms with Gasteiger partial charge in [0.15, 0.2) is 6.61 Å². The number of amides is 1. The number of carbonyl (C=O) groups excluding carboxylic acids is 1. The molecule has 0 aliphatic carbocycles. The van der Waals surface area contributed by atoms with Crippen molar-refractivity contribution >= 4 is 5.91 Å². The normalized spacial score (nSPS) is 11.5. The van der Waals surface area contributed by atoms with Crippen LogP contribution in [0.2, 0.25) is 0 Å². The second-order valence-corrected chi connectivity index (χ2v) is 5.77. The molecule has 1 aromatic rings. The Labute approximate surface area is 116 Å². The molecule has 0 aliphatic rings. The van der Waals surface area contributed by atoms with Crippen LogP contribution >= 0.6 is 0 Å². The fraction of sp³-hybridized carbons (Fsp3) is 0.562. The second kappa shape index (κ2) is 6.60. The van der Waals surface area contributed by atoms with Crippen molar-refractivity contribution in [1.29, 1.82) is 0 Å². The van der Waals surface area contributed by atoms with Crippen molar-refractivity contribution in [3.05, 3.63) is 29.8 Å². The lowest BCUT2D eigenvalue weighted by Gasteiger charge is -2.24. The van der Waals surface area contributed by atoms with Gasteiger partial charge in [-0.3, -0.25) is 4.79 Å². The molecule has 0 aliphatic heterocycles. The summed E-state index contributed by atoms with van der Waals surface area (Å²) < 4.78 is 5.64. The molecule has 0 aromatic heterocycles. The van der Waals surface area contributed by atoms with Gasteiger partial charge in [0, 0.05) is 5.54 Å². The Morgan fingerprint density at radius 3 is 2.53 bits per heavy atom. The number of benzene rings is 1. The van der Waals surface area contributed by atoms with Crippen LogP contribution in [0.25, 0.3) is 0 Å². The SMILES string of the molecule is CCC(C)(C)NC(=O)COc1ccccc1C(C)C. The Bertz CT molecular complexity index is 425. The van der Waals surface area contributed by atoms with E-state index in [-0.39, 0.29) is 18.1 Å². The molecule has 1 amide bonds. The van der Waals surface area contributed by atoms with Crippen LogP contribution in [0.15, 0.2) is 24.3 Å². The molecule has 19 heavy (non-hydrogen) atoms. The predicted octanol–water partition coefficient (Wildman–Crippen LogP) is 3.49. The minimum absolute atomic E-state index is 0.0627. The van der Waals surface area contributed by atoms with E-state index in [1.54, 1.807) is 0 Å². The zero-order valence-electron chi connectivity index (χ0n) is 12.6. The molecule has 0 atom stereocenters. The molecule has 3 nitrogen and oxygen atoms in total. The summed E-state index contributed by atoms with van der Waals surface area (Å²) in [6.45, 7) is 10.4. The molecule has 3 heteroatoms. The third kappa shape index (κ3) is 4.93. The average molecular weight is 263 g/mol. The summed E-state index contributed by atoms with van der Waals surface area (Å²) >= 11 is 0. The van der Waals surface area contributed by atoms with Crippen molar-refractivity contribution in [2.75, 3.05) is 6.61 Å². The van der Waals surface area contributed by atoms with Crippen LogP contribution in [-0.4, -0.2) is 18.1 Å². The number of hydrogen-bond donors (Lipinski definition) is 1. The summed E-state index contributed by atoms with van der Waals surface area (Å²) in [7, 11) is 0. The van der Waals surface area contributed by atoms with Crippen LogP contribution in [0, 0.1) is 0 Å². The van der Waals surface area contributed by atoms with Gasteiger partial charge in [-0.2, -0.15) is 0 Å². The first-order valence-corrected chi connectivity index (χ1v) is 6.88. The van der Waals surface area contributed by atoms with Gasteiger partial charge in [-0.1, -0.05) is 39.0 Å². The molecular formula is C16H25NO2. The van der Waals surface area contributed by atoms with Gasteiger partial charge >= 0.3 is 0 Å². The topological polar surface area (TPSA) is 38.3 Å². The first kappa shape index (κ1) is 15.5. The van der Waals surface area contributed by atoms with E-state index in [1.165, 1.54) is 0 Å². The summed E-state index contributed by atoms with van der Waals surface area (Å²) in [4.78, 5) is 11.8. The number of ether oxygens (including phenoxy) is 1. The zero-order chi connectivity index (χ0) is 14.5. The Morgan fingerprint density at radius 2 is 1.95 bits per heavy atom. The molecule has 1 rings (SSSR count). The average Bonchev–Trinajstić information content (AvgIpc) is 2.36. The molecule has 1 N–H and O–H groups in total. The van der Waals surface area contributed by atoms with Crippen LogP contribution in [0.4, 0.5) is 0 Å². The number of carbonyl (C=O) groups is 1. The van der Waals surface area contributed by atoms with E-state index in [1.807, 2.05) is 38.1 Å². The largest absolute Gasteiger partial charge is 0.483 e. The quantitative estimate of drug-likeness (QED) is 0.853. The summed E-state index contributed by atoms with van der Waals surface area (Å²) in [5.74, 6) is 1.10. The number of rotatable bonds is 6. The van der Waals surface area contributed by atoms with Gasteiger partial charge in [-0.15, -0.1) is 0 Å². The highest BCUT2D eigenvalue weighted by Crippen LogP contribution is 2.25. The van der Waals surface area contributed by atoms with Gasteiger partial charge in [-0.05, 0) is 37.8 Å². The summed E-state index contributed by atoms with van der Waals surface area (Å²) in [5.41, 5.74) is 0.947. The van der Waals surface area contributed by atoms with Crippen molar-refractivity contribution in [2.45, 2.75) is 52.5 Å². The third-order valence-corrected chi connectivity index (χ3v) is 3.26. The zero-order valence-corrected chi connectivity index (χ0v) is 12.6. The fourth-order valence-corrected chi connectivity index (χ4v) is 1.73. The first-order chi connectivity index (χ1) is 8.85. The molecule has 0 unspecified atom stereocenters. The minimum atomic E-state index is -0.183. The summed E-state index contributed by atoms with van der Waals surface area (Å²) in [5, 5.41) is 2.96. The monoisotopic (exact) mass is 263 g/mol. The van der Waals surface area contributed by atoms with Gasteiger partial charge in [-0.25, -0.2) is 0 Å². The molecule has 0 saturated heterocycles. The van der Waals surface area contributed by atoms with E-state index in [0.717, 1.165) is 17.7 Å². The molecule has 1 aromatic carbocycles. The lowest BCUT2D eigenvalue weighted by atomic mass is 10.0. The van der Waals surface area contributed by atoms with Crippen LogP contribution in [0.5, 0.6) is 5.75 Å². The summed E-state index contributed by atoms with van der Waals surface area (Å²) in [6.07, 6.45) is 0.890. The van der Waals surface area contributed by atoms with Gasteiger partial charge in [0.05, 0.1) is 0 Å². The van der Waals surface area contributed by atoms with Crippen molar-refractivity contribution in [1.82, 2.24) is 5.32 Å². The maximum absolute atomic E-state index is 11.8. The molecule has 0 spiro atoms. The molecule has 0 fully saturated rings. The van der Waals surface area contributed by atoms with E-state index in [2.05, 4.69) is 26.1 Å².